The molecule has 2 aromatic rings. The number of likely N-dealkylation sites (tertiary alicyclic amines) is 1. The largest absolute Gasteiger partial charge is 0.391 e. The summed E-state index contributed by atoms with van der Waals surface area (Å²) in [5.74, 6) is -0.519. The molecule has 116 valence electrons. The number of benzene rings is 1. The van der Waals surface area contributed by atoms with Gasteiger partial charge in [-0.15, -0.1) is 0 Å². The predicted molar refractivity (Wildman–Crippen MR) is 81.2 cm³/mol. The lowest BCUT2D eigenvalue weighted by atomic mass is 10.0. The topological polar surface area (TPSA) is 45.5 Å². The van der Waals surface area contributed by atoms with Gasteiger partial charge in [0, 0.05) is 19.8 Å². The molecule has 3 rings (SSSR count). The molecule has 0 aliphatic carbocycles. The first-order valence-corrected chi connectivity index (χ1v) is 7.40. The molecule has 1 amide bonds. The van der Waals surface area contributed by atoms with Crippen molar-refractivity contribution >= 4 is 17.5 Å². The van der Waals surface area contributed by atoms with Gasteiger partial charge in [-0.25, -0.2) is 4.39 Å². The normalized spacial score (nSPS) is 21.4. The molecule has 0 unspecified atom stereocenters. The maximum atomic E-state index is 13.1. The predicted octanol–water partition coefficient (Wildman–Crippen LogP) is 2.77. The van der Waals surface area contributed by atoms with Gasteiger partial charge in [0.15, 0.2) is 0 Å². The molecule has 1 aromatic heterocycles. The lowest BCUT2D eigenvalue weighted by Crippen LogP contribution is -2.32. The Morgan fingerprint density at radius 2 is 2.05 bits per heavy atom. The number of carbonyl (C=O) groups is 1. The van der Waals surface area contributed by atoms with Crippen LogP contribution in [0.5, 0.6) is 0 Å². The summed E-state index contributed by atoms with van der Waals surface area (Å²) in [6.45, 7) is 0.254. The highest BCUT2D eigenvalue weighted by atomic mass is 35.5. The molecule has 1 fully saturated rings. The van der Waals surface area contributed by atoms with Crippen LogP contribution in [-0.2, 0) is 7.05 Å². The maximum Gasteiger partial charge on any atom is 0.271 e. The van der Waals surface area contributed by atoms with Gasteiger partial charge in [-0.05, 0) is 30.2 Å². The van der Waals surface area contributed by atoms with E-state index in [1.54, 1.807) is 40.9 Å². The summed E-state index contributed by atoms with van der Waals surface area (Å²) in [6, 6.07) is 7.37. The second-order valence-electron chi connectivity index (χ2n) is 5.57. The fraction of sp³-hybridized carbons (Fsp3) is 0.312. The summed E-state index contributed by atoms with van der Waals surface area (Å²) in [5.41, 5.74) is 1.28. The zero-order valence-electron chi connectivity index (χ0n) is 12.0. The lowest BCUT2D eigenvalue weighted by molar-refractivity contribution is 0.0706. The van der Waals surface area contributed by atoms with Gasteiger partial charge in [-0.2, -0.15) is 0 Å². The van der Waals surface area contributed by atoms with Crippen molar-refractivity contribution in [3.8, 4) is 0 Å². The van der Waals surface area contributed by atoms with Crippen molar-refractivity contribution in [3.05, 3.63) is 58.6 Å². The van der Waals surface area contributed by atoms with Crippen molar-refractivity contribution in [1.29, 1.82) is 0 Å². The van der Waals surface area contributed by atoms with Crippen LogP contribution in [0, 0.1) is 5.82 Å². The van der Waals surface area contributed by atoms with E-state index in [2.05, 4.69) is 0 Å². The summed E-state index contributed by atoms with van der Waals surface area (Å²) in [6.07, 6.45) is 1.51. The first kappa shape index (κ1) is 15.1. The number of aryl methyl sites for hydroxylation is 1. The van der Waals surface area contributed by atoms with Crippen LogP contribution in [0.2, 0.25) is 5.02 Å². The fourth-order valence-corrected chi connectivity index (χ4v) is 3.17. The standard InChI is InChI=1S/C16H16ClFN2O2/c1-19-8-11(17)6-15(19)16(22)20-9-13(21)7-14(20)10-2-4-12(18)5-3-10/h2-6,8,13-14,21H,7,9H2,1H3/t13-,14+/m0/s1. The minimum Gasteiger partial charge on any atom is -0.391 e. The van der Waals surface area contributed by atoms with Gasteiger partial charge in [0.05, 0.1) is 17.2 Å². The van der Waals surface area contributed by atoms with Crippen molar-refractivity contribution in [2.75, 3.05) is 6.54 Å². The Balaban J connectivity index is 1.92. The number of aliphatic hydroxyl groups excluding tert-OH is 1. The van der Waals surface area contributed by atoms with E-state index in [0.717, 1.165) is 5.56 Å². The molecule has 2 heterocycles. The van der Waals surface area contributed by atoms with Crippen LogP contribution in [0.3, 0.4) is 0 Å². The van der Waals surface area contributed by atoms with Crippen LogP contribution in [0.1, 0.15) is 28.5 Å². The number of halogens is 2. The van der Waals surface area contributed by atoms with E-state index in [1.165, 1.54) is 12.1 Å². The maximum absolute atomic E-state index is 13.1. The summed E-state index contributed by atoms with van der Waals surface area (Å²) in [7, 11) is 1.75. The summed E-state index contributed by atoms with van der Waals surface area (Å²) >= 11 is 5.93. The van der Waals surface area contributed by atoms with Gasteiger partial charge in [0.1, 0.15) is 11.5 Å². The molecule has 1 aliphatic heterocycles. The average molecular weight is 323 g/mol. The molecule has 0 radical (unpaired) electrons. The molecule has 1 aromatic carbocycles. The highest BCUT2D eigenvalue weighted by Crippen LogP contribution is 2.33. The van der Waals surface area contributed by atoms with E-state index in [1.807, 2.05) is 0 Å². The third-order valence-corrected chi connectivity index (χ3v) is 4.19. The Kier molecular flexibility index (Phi) is 3.93. The van der Waals surface area contributed by atoms with Gasteiger partial charge in [-0.1, -0.05) is 23.7 Å². The van der Waals surface area contributed by atoms with Crippen LogP contribution in [0.15, 0.2) is 36.5 Å². The van der Waals surface area contributed by atoms with Crippen LogP contribution < -0.4 is 0 Å². The van der Waals surface area contributed by atoms with E-state index in [9.17, 15) is 14.3 Å². The van der Waals surface area contributed by atoms with Crippen molar-refractivity contribution in [2.45, 2.75) is 18.6 Å². The monoisotopic (exact) mass is 322 g/mol. The number of nitrogens with zero attached hydrogens (tertiary/aromatic N) is 2. The third-order valence-electron chi connectivity index (χ3n) is 3.99. The fourth-order valence-electron chi connectivity index (χ4n) is 2.92. The van der Waals surface area contributed by atoms with Gasteiger partial charge in [-0.3, -0.25) is 4.79 Å². The zero-order chi connectivity index (χ0) is 15.9. The highest BCUT2D eigenvalue weighted by molar-refractivity contribution is 6.31. The molecular formula is C16H16ClFN2O2. The van der Waals surface area contributed by atoms with Crippen LogP contribution in [-0.4, -0.2) is 33.1 Å². The van der Waals surface area contributed by atoms with Gasteiger partial charge < -0.3 is 14.6 Å². The Labute approximate surface area is 132 Å². The zero-order valence-corrected chi connectivity index (χ0v) is 12.8. The second-order valence-corrected chi connectivity index (χ2v) is 6.01. The molecular weight excluding hydrogens is 307 g/mol. The number of β-amino-alcohol motifs (C(OH)–C–C–N with tert-alkyl or cyclic N) is 1. The molecule has 6 heteroatoms. The molecule has 0 saturated carbocycles. The number of aliphatic hydroxyl groups is 1. The quantitative estimate of drug-likeness (QED) is 0.924. The van der Waals surface area contributed by atoms with Crippen LogP contribution in [0.25, 0.3) is 0 Å². The number of rotatable bonds is 2. The van der Waals surface area contributed by atoms with Crippen molar-refractivity contribution in [3.63, 3.8) is 0 Å². The van der Waals surface area contributed by atoms with E-state index in [0.29, 0.717) is 17.1 Å². The van der Waals surface area contributed by atoms with Gasteiger partial charge >= 0.3 is 0 Å². The van der Waals surface area contributed by atoms with Crippen LogP contribution in [0.4, 0.5) is 4.39 Å². The van der Waals surface area contributed by atoms with Crippen molar-refractivity contribution in [1.82, 2.24) is 9.47 Å². The van der Waals surface area contributed by atoms with E-state index >= 15 is 0 Å². The molecule has 0 spiro atoms. The van der Waals surface area contributed by atoms with E-state index in [4.69, 9.17) is 11.6 Å². The van der Waals surface area contributed by atoms with Crippen molar-refractivity contribution in [2.24, 2.45) is 7.05 Å². The highest BCUT2D eigenvalue weighted by Gasteiger charge is 2.36. The molecule has 22 heavy (non-hydrogen) atoms. The van der Waals surface area contributed by atoms with Crippen molar-refractivity contribution < 1.29 is 14.3 Å². The number of hydrogen-bond acceptors (Lipinski definition) is 2. The lowest BCUT2D eigenvalue weighted by Gasteiger charge is -2.25. The number of hydrogen-bond donors (Lipinski definition) is 1. The Hall–Kier alpha value is -1.85. The number of amides is 1. The minimum atomic E-state index is -0.588. The first-order chi connectivity index (χ1) is 10.5. The second kappa shape index (κ2) is 5.74. The smallest absolute Gasteiger partial charge is 0.271 e. The Bertz CT molecular complexity index is 699. The third kappa shape index (κ3) is 2.74. The minimum absolute atomic E-state index is 0.194. The molecule has 2 atom stereocenters. The first-order valence-electron chi connectivity index (χ1n) is 7.02. The van der Waals surface area contributed by atoms with E-state index in [-0.39, 0.29) is 24.3 Å². The molecule has 1 aliphatic rings. The Morgan fingerprint density at radius 3 is 2.64 bits per heavy atom. The number of aromatic nitrogens is 1. The summed E-state index contributed by atoms with van der Waals surface area (Å²) in [5, 5.41) is 10.4. The Morgan fingerprint density at radius 1 is 1.36 bits per heavy atom. The van der Waals surface area contributed by atoms with Crippen LogP contribution >= 0.6 is 11.6 Å². The molecule has 4 nitrogen and oxygen atoms in total. The van der Waals surface area contributed by atoms with Gasteiger partial charge in [0.2, 0.25) is 0 Å². The molecule has 1 saturated heterocycles. The molecule has 0 bridgehead atoms. The van der Waals surface area contributed by atoms with E-state index < -0.39 is 6.10 Å². The molecule has 1 N–H and O–H groups in total. The summed E-state index contributed by atoms with van der Waals surface area (Å²) in [4.78, 5) is 14.4. The SMILES string of the molecule is Cn1cc(Cl)cc1C(=O)N1C[C@@H](O)C[C@@H]1c1ccc(F)cc1. The number of carbonyl (C=O) groups excluding carboxylic acids is 1. The van der Waals surface area contributed by atoms with Gasteiger partial charge in [0.25, 0.3) is 5.91 Å². The average Bonchev–Trinajstić information content (AvgIpc) is 3.01. The summed E-state index contributed by atoms with van der Waals surface area (Å²) < 4.78 is 14.7.